The quantitative estimate of drug-likeness (QED) is 0.489. The molecule has 2 atom stereocenters. The number of carbonyl (C=O) groups excluding carboxylic acids is 2. The van der Waals surface area contributed by atoms with Gasteiger partial charge in [-0.05, 0) is 58.2 Å². The second-order valence-electron chi connectivity index (χ2n) is 8.26. The fourth-order valence-corrected chi connectivity index (χ4v) is 2.68. The van der Waals surface area contributed by atoms with Gasteiger partial charge in [0, 0.05) is 14.1 Å². The average molecular weight is 393 g/mol. The van der Waals surface area contributed by atoms with Crippen molar-refractivity contribution in [2.45, 2.75) is 71.6 Å². The number of nitrogens with one attached hydrogen (secondary N) is 1. The molecular formula is C22H36N2O4. The summed E-state index contributed by atoms with van der Waals surface area (Å²) < 4.78 is 11.3. The van der Waals surface area contributed by atoms with E-state index in [1.807, 2.05) is 45.0 Å². The van der Waals surface area contributed by atoms with E-state index in [0.29, 0.717) is 13.0 Å². The molecule has 1 rings (SSSR count). The van der Waals surface area contributed by atoms with Crippen molar-refractivity contribution in [1.29, 1.82) is 0 Å². The molecular weight excluding hydrogens is 356 g/mol. The van der Waals surface area contributed by atoms with Gasteiger partial charge in [0.2, 0.25) is 5.91 Å². The van der Waals surface area contributed by atoms with Crippen LogP contribution in [0.4, 0.5) is 0 Å². The summed E-state index contributed by atoms with van der Waals surface area (Å²) >= 11 is 0. The van der Waals surface area contributed by atoms with E-state index in [-0.39, 0.29) is 11.9 Å². The maximum atomic E-state index is 12.7. The molecule has 0 bridgehead atoms. The summed E-state index contributed by atoms with van der Waals surface area (Å²) in [5, 5.41) is 3.13. The van der Waals surface area contributed by atoms with Crippen LogP contribution in [0.3, 0.4) is 0 Å². The van der Waals surface area contributed by atoms with Crippen LogP contribution in [0.1, 0.15) is 53.0 Å². The third-order valence-corrected chi connectivity index (χ3v) is 4.06. The molecule has 0 fully saturated rings. The van der Waals surface area contributed by atoms with Gasteiger partial charge >= 0.3 is 5.97 Å². The van der Waals surface area contributed by atoms with Crippen molar-refractivity contribution in [3.05, 3.63) is 29.8 Å². The van der Waals surface area contributed by atoms with Crippen molar-refractivity contribution in [3.63, 3.8) is 0 Å². The summed E-state index contributed by atoms with van der Waals surface area (Å²) in [5.41, 5.74) is 0.346. The Balaban J connectivity index is 2.94. The zero-order valence-electron chi connectivity index (χ0n) is 18.4. The highest BCUT2D eigenvalue weighted by atomic mass is 16.6. The molecule has 28 heavy (non-hydrogen) atoms. The molecule has 2 unspecified atom stereocenters. The molecule has 0 aromatic heterocycles. The lowest BCUT2D eigenvalue weighted by Crippen LogP contribution is -2.51. The predicted octanol–water partition coefficient (Wildman–Crippen LogP) is 3.18. The van der Waals surface area contributed by atoms with Gasteiger partial charge in [-0.25, -0.2) is 0 Å². The van der Waals surface area contributed by atoms with Gasteiger partial charge in [0.15, 0.2) is 0 Å². The highest BCUT2D eigenvalue weighted by Crippen LogP contribution is 2.17. The van der Waals surface area contributed by atoms with Crippen LogP contribution in [0.2, 0.25) is 0 Å². The Kier molecular flexibility index (Phi) is 9.46. The van der Waals surface area contributed by atoms with Crippen LogP contribution < -0.4 is 10.1 Å². The zero-order valence-corrected chi connectivity index (χ0v) is 18.4. The van der Waals surface area contributed by atoms with Gasteiger partial charge in [-0.2, -0.15) is 0 Å². The molecule has 1 aromatic rings. The normalized spacial score (nSPS) is 13.5. The monoisotopic (exact) mass is 392 g/mol. The molecule has 0 radical (unpaired) electrons. The van der Waals surface area contributed by atoms with Crippen molar-refractivity contribution in [1.82, 2.24) is 10.2 Å². The van der Waals surface area contributed by atoms with E-state index in [0.717, 1.165) is 24.2 Å². The molecule has 0 heterocycles. The van der Waals surface area contributed by atoms with E-state index < -0.39 is 17.7 Å². The highest BCUT2D eigenvalue weighted by molar-refractivity contribution is 5.83. The molecule has 1 amide bonds. The molecule has 1 aromatic carbocycles. The number of ether oxygens (including phenoxy) is 2. The molecule has 0 saturated heterocycles. The molecule has 0 aliphatic carbocycles. The Bertz CT molecular complexity index is 638. The molecule has 1 N–H and O–H groups in total. The van der Waals surface area contributed by atoms with E-state index in [9.17, 15) is 9.59 Å². The summed E-state index contributed by atoms with van der Waals surface area (Å²) in [4.78, 5) is 26.5. The molecule has 6 nitrogen and oxygen atoms in total. The van der Waals surface area contributed by atoms with Gasteiger partial charge < -0.3 is 14.4 Å². The fraction of sp³-hybridized carbons (Fsp3) is 0.636. The predicted molar refractivity (Wildman–Crippen MR) is 111 cm³/mol. The summed E-state index contributed by atoms with van der Waals surface area (Å²) in [6.45, 7) is 10.0. The lowest BCUT2D eigenvalue weighted by Gasteiger charge is -2.27. The number of benzene rings is 1. The smallest absolute Gasteiger partial charge is 0.324 e. The standard InChI is InChI=1S/C22H36N2O4/c1-8-9-13-27-18-12-10-11-17(14-18)15-19(21(26)28-22(3,4)5)23-16(2)20(25)24(6)7/h10-12,14,16,19,23H,8-9,13,15H2,1-7H3. The number of esters is 1. The molecule has 0 aliphatic rings. The number of likely N-dealkylation sites (N-methyl/N-ethyl adjacent to an activating group) is 1. The minimum atomic E-state index is -0.635. The van der Waals surface area contributed by atoms with Crippen LogP contribution in [0.15, 0.2) is 24.3 Å². The van der Waals surface area contributed by atoms with E-state index in [1.54, 1.807) is 21.0 Å². The first kappa shape index (κ1) is 24.0. The van der Waals surface area contributed by atoms with Crippen LogP contribution in [0.25, 0.3) is 0 Å². The Hall–Kier alpha value is -2.08. The van der Waals surface area contributed by atoms with Crippen LogP contribution >= 0.6 is 0 Å². The van der Waals surface area contributed by atoms with Crippen molar-refractivity contribution in [3.8, 4) is 5.75 Å². The van der Waals surface area contributed by atoms with Gasteiger partial charge in [-0.15, -0.1) is 0 Å². The van der Waals surface area contributed by atoms with Gasteiger partial charge in [0.25, 0.3) is 0 Å². The Morgan fingerprint density at radius 1 is 1.21 bits per heavy atom. The summed E-state index contributed by atoms with van der Waals surface area (Å²) in [7, 11) is 3.39. The molecule has 6 heteroatoms. The lowest BCUT2D eigenvalue weighted by molar-refractivity contribution is -0.157. The number of rotatable bonds is 10. The van der Waals surface area contributed by atoms with Crippen LogP contribution in [0.5, 0.6) is 5.75 Å². The molecule has 0 saturated carbocycles. The largest absolute Gasteiger partial charge is 0.494 e. The molecule has 0 aliphatic heterocycles. The first-order chi connectivity index (χ1) is 13.0. The Labute approximate surface area is 169 Å². The average Bonchev–Trinajstić information content (AvgIpc) is 2.59. The number of hydrogen-bond donors (Lipinski definition) is 1. The SMILES string of the molecule is CCCCOc1cccc(CC(NC(C)C(=O)N(C)C)C(=O)OC(C)(C)C)c1. The number of hydrogen-bond acceptors (Lipinski definition) is 5. The number of amides is 1. The topological polar surface area (TPSA) is 67.9 Å². The third kappa shape index (κ3) is 8.74. The van der Waals surface area contributed by atoms with E-state index in [2.05, 4.69) is 12.2 Å². The fourth-order valence-electron chi connectivity index (χ4n) is 2.68. The lowest BCUT2D eigenvalue weighted by atomic mass is 10.0. The van der Waals surface area contributed by atoms with Crippen molar-refractivity contribution in [2.24, 2.45) is 0 Å². The third-order valence-electron chi connectivity index (χ3n) is 4.06. The molecule has 0 spiro atoms. The van der Waals surface area contributed by atoms with Crippen LogP contribution in [-0.4, -0.2) is 55.2 Å². The van der Waals surface area contributed by atoms with E-state index in [1.165, 1.54) is 4.90 Å². The Morgan fingerprint density at radius 3 is 2.46 bits per heavy atom. The highest BCUT2D eigenvalue weighted by Gasteiger charge is 2.29. The minimum Gasteiger partial charge on any atom is -0.494 e. The van der Waals surface area contributed by atoms with Crippen molar-refractivity contribution in [2.75, 3.05) is 20.7 Å². The second-order valence-corrected chi connectivity index (χ2v) is 8.26. The summed E-state index contributed by atoms with van der Waals surface area (Å²) in [6, 6.07) is 6.57. The van der Waals surface area contributed by atoms with Gasteiger partial charge in [-0.3, -0.25) is 14.9 Å². The maximum absolute atomic E-state index is 12.7. The second kappa shape index (κ2) is 11.1. The first-order valence-corrected chi connectivity index (χ1v) is 9.95. The maximum Gasteiger partial charge on any atom is 0.324 e. The van der Waals surface area contributed by atoms with E-state index >= 15 is 0 Å². The van der Waals surface area contributed by atoms with Crippen LogP contribution in [0, 0.1) is 0 Å². The Morgan fingerprint density at radius 2 is 1.89 bits per heavy atom. The van der Waals surface area contributed by atoms with Crippen molar-refractivity contribution < 1.29 is 19.1 Å². The van der Waals surface area contributed by atoms with Gasteiger partial charge in [0.05, 0.1) is 12.6 Å². The number of unbranched alkanes of at least 4 members (excludes halogenated alkanes) is 1. The van der Waals surface area contributed by atoms with Crippen LogP contribution in [-0.2, 0) is 20.7 Å². The molecule has 158 valence electrons. The zero-order chi connectivity index (χ0) is 21.3. The summed E-state index contributed by atoms with van der Waals surface area (Å²) in [6.07, 6.45) is 2.48. The van der Waals surface area contributed by atoms with E-state index in [4.69, 9.17) is 9.47 Å². The number of carbonyl (C=O) groups is 2. The first-order valence-electron chi connectivity index (χ1n) is 9.95. The van der Waals surface area contributed by atoms with Crippen molar-refractivity contribution >= 4 is 11.9 Å². The summed E-state index contributed by atoms with van der Waals surface area (Å²) in [5.74, 6) is 0.319. The van der Waals surface area contributed by atoms with Gasteiger partial charge in [-0.1, -0.05) is 25.5 Å². The number of nitrogens with zero attached hydrogens (tertiary/aromatic N) is 1. The van der Waals surface area contributed by atoms with Gasteiger partial charge in [0.1, 0.15) is 17.4 Å². The minimum absolute atomic E-state index is 0.0924.